The van der Waals surface area contributed by atoms with Gasteiger partial charge in [-0.2, -0.15) is 0 Å². The SMILES string of the molecule is CCOC(=O)c1ccc(NC(=O)c2ccc(N3CCCC(C)C3)nc2)cc1. The number of benzene rings is 1. The minimum Gasteiger partial charge on any atom is -0.462 e. The van der Waals surface area contributed by atoms with Crippen molar-refractivity contribution in [2.45, 2.75) is 26.7 Å². The van der Waals surface area contributed by atoms with Gasteiger partial charge in [0.1, 0.15) is 5.82 Å². The molecule has 27 heavy (non-hydrogen) atoms. The first-order chi connectivity index (χ1) is 13.1. The number of ether oxygens (including phenoxy) is 1. The maximum absolute atomic E-state index is 12.4. The Balaban J connectivity index is 1.61. The van der Waals surface area contributed by atoms with Gasteiger partial charge in [0, 0.05) is 25.0 Å². The van der Waals surface area contributed by atoms with Gasteiger partial charge < -0.3 is 15.0 Å². The molecule has 0 saturated carbocycles. The van der Waals surface area contributed by atoms with Crippen LogP contribution in [-0.2, 0) is 4.74 Å². The van der Waals surface area contributed by atoms with Gasteiger partial charge in [-0.05, 0) is 62.1 Å². The second-order valence-electron chi connectivity index (χ2n) is 6.85. The van der Waals surface area contributed by atoms with Gasteiger partial charge in [0.25, 0.3) is 5.91 Å². The zero-order chi connectivity index (χ0) is 19.2. The number of carbonyl (C=O) groups is 2. The molecule has 1 atom stereocenters. The lowest BCUT2D eigenvalue weighted by atomic mass is 10.0. The third kappa shape index (κ3) is 4.84. The first-order valence-corrected chi connectivity index (χ1v) is 9.36. The second kappa shape index (κ2) is 8.66. The Morgan fingerprint density at radius 1 is 1.19 bits per heavy atom. The number of anilines is 2. The number of nitrogens with zero attached hydrogens (tertiary/aromatic N) is 2. The van der Waals surface area contributed by atoms with Crippen molar-refractivity contribution in [3.63, 3.8) is 0 Å². The fraction of sp³-hybridized carbons (Fsp3) is 0.381. The van der Waals surface area contributed by atoms with Crippen LogP contribution in [0.3, 0.4) is 0 Å². The van der Waals surface area contributed by atoms with Gasteiger partial charge in [0.15, 0.2) is 0 Å². The summed E-state index contributed by atoms with van der Waals surface area (Å²) in [5, 5.41) is 2.82. The number of amides is 1. The molecule has 1 aromatic heterocycles. The monoisotopic (exact) mass is 367 g/mol. The van der Waals surface area contributed by atoms with E-state index in [-0.39, 0.29) is 11.9 Å². The Kier molecular flexibility index (Phi) is 6.06. The van der Waals surface area contributed by atoms with Crippen LogP contribution in [-0.4, -0.2) is 36.6 Å². The molecule has 1 N–H and O–H groups in total. The summed E-state index contributed by atoms with van der Waals surface area (Å²) in [5.41, 5.74) is 1.57. The highest BCUT2D eigenvalue weighted by molar-refractivity contribution is 6.04. The number of hydrogen-bond donors (Lipinski definition) is 1. The van der Waals surface area contributed by atoms with Crippen molar-refractivity contribution in [2.75, 3.05) is 29.9 Å². The standard InChI is InChI=1S/C21H25N3O3/c1-3-27-21(26)16-6-9-18(10-7-16)23-20(25)17-8-11-19(22-13-17)24-12-4-5-15(2)14-24/h6-11,13,15H,3-5,12,14H2,1-2H3,(H,23,25). The molecule has 1 aliphatic heterocycles. The molecule has 0 radical (unpaired) electrons. The zero-order valence-electron chi connectivity index (χ0n) is 15.8. The van der Waals surface area contributed by atoms with Crippen molar-refractivity contribution >= 4 is 23.4 Å². The Bertz CT molecular complexity index is 787. The molecule has 1 aliphatic rings. The van der Waals surface area contributed by atoms with Gasteiger partial charge in [-0.15, -0.1) is 0 Å². The lowest BCUT2D eigenvalue weighted by Gasteiger charge is -2.31. The van der Waals surface area contributed by atoms with E-state index in [0.29, 0.717) is 29.3 Å². The van der Waals surface area contributed by atoms with Crippen LogP contribution in [0.25, 0.3) is 0 Å². The normalized spacial score (nSPS) is 16.7. The maximum Gasteiger partial charge on any atom is 0.338 e. The van der Waals surface area contributed by atoms with E-state index < -0.39 is 0 Å². The van der Waals surface area contributed by atoms with Crippen LogP contribution in [0.4, 0.5) is 11.5 Å². The number of nitrogens with one attached hydrogen (secondary N) is 1. The lowest BCUT2D eigenvalue weighted by molar-refractivity contribution is 0.0526. The van der Waals surface area contributed by atoms with Gasteiger partial charge in [0.05, 0.1) is 17.7 Å². The van der Waals surface area contributed by atoms with Crippen LogP contribution in [0.1, 0.15) is 47.4 Å². The summed E-state index contributed by atoms with van der Waals surface area (Å²) in [4.78, 5) is 30.8. The van der Waals surface area contributed by atoms with Crippen LogP contribution < -0.4 is 10.2 Å². The smallest absolute Gasteiger partial charge is 0.338 e. The van der Waals surface area contributed by atoms with E-state index in [9.17, 15) is 9.59 Å². The van der Waals surface area contributed by atoms with E-state index in [1.165, 1.54) is 12.8 Å². The highest BCUT2D eigenvalue weighted by Crippen LogP contribution is 2.21. The van der Waals surface area contributed by atoms with Crippen LogP contribution in [0.2, 0.25) is 0 Å². The van der Waals surface area contributed by atoms with Gasteiger partial charge in [-0.25, -0.2) is 9.78 Å². The number of pyridine rings is 1. The van der Waals surface area contributed by atoms with E-state index in [2.05, 4.69) is 22.1 Å². The first-order valence-electron chi connectivity index (χ1n) is 9.36. The predicted octanol–water partition coefficient (Wildman–Crippen LogP) is 3.75. The summed E-state index contributed by atoms with van der Waals surface area (Å²) in [6.45, 7) is 6.36. The van der Waals surface area contributed by atoms with E-state index >= 15 is 0 Å². The molecule has 1 saturated heterocycles. The average molecular weight is 367 g/mol. The summed E-state index contributed by atoms with van der Waals surface area (Å²) < 4.78 is 4.95. The maximum atomic E-state index is 12.4. The molecule has 2 heterocycles. The van der Waals surface area contributed by atoms with Crippen molar-refractivity contribution in [1.29, 1.82) is 0 Å². The van der Waals surface area contributed by atoms with E-state index in [1.54, 1.807) is 43.5 Å². The van der Waals surface area contributed by atoms with Crippen molar-refractivity contribution in [2.24, 2.45) is 5.92 Å². The Morgan fingerprint density at radius 3 is 2.56 bits per heavy atom. The molecule has 2 aromatic rings. The van der Waals surface area contributed by atoms with Gasteiger partial charge in [-0.1, -0.05) is 6.92 Å². The van der Waals surface area contributed by atoms with E-state index in [4.69, 9.17) is 4.74 Å². The van der Waals surface area contributed by atoms with Gasteiger partial charge >= 0.3 is 5.97 Å². The zero-order valence-corrected chi connectivity index (χ0v) is 15.8. The topological polar surface area (TPSA) is 71.5 Å². The Morgan fingerprint density at radius 2 is 1.93 bits per heavy atom. The number of rotatable bonds is 5. The minimum atomic E-state index is -0.373. The number of aromatic nitrogens is 1. The fourth-order valence-corrected chi connectivity index (χ4v) is 3.21. The molecule has 1 aromatic carbocycles. The third-order valence-electron chi connectivity index (χ3n) is 4.64. The van der Waals surface area contributed by atoms with Crippen LogP contribution in [0.5, 0.6) is 0 Å². The Labute approximate surface area is 159 Å². The number of carbonyl (C=O) groups excluding carboxylic acids is 2. The molecule has 0 aliphatic carbocycles. The summed E-state index contributed by atoms with van der Waals surface area (Å²) in [5.74, 6) is 0.977. The van der Waals surface area contributed by atoms with Crippen molar-refractivity contribution in [1.82, 2.24) is 4.98 Å². The molecule has 0 spiro atoms. The van der Waals surface area contributed by atoms with Crippen molar-refractivity contribution in [3.8, 4) is 0 Å². The van der Waals surface area contributed by atoms with Crippen LogP contribution >= 0.6 is 0 Å². The molecule has 3 rings (SSSR count). The molecule has 142 valence electrons. The van der Waals surface area contributed by atoms with Crippen LogP contribution in [0.15, 0.2) is 42.6 Å². The van der Waals surface area contributed by atoms with E-state index in [0.717, 1.165) is 18.9 Å². The molecular weight excluding hydrogens is 342 g/mol. The molecular formula is C21H25N3O3. The summed E-state index contributed by atoms with van der Waals surface area (Å²) in [7, 11) is 0. The molecule has 1 amide bonds. The van der Waals surface area contributed by atoms with Gasteiger partial charge in [-0.3, -0.25) is 4.79 Å². The highest BCUT2D eigenvalue weighted by Gasteiger charge is 2.18. The molecule has 0 bridgehead atoms. The van der Waals surface area contributed by atoms with Crippen molar-refractivity contribution < 1.29 is 14.3 Å². The molecule has 1 unspecified atom stereocenters. The summed E-state index contributed by atoms with van der Waals surface area (Å²) >= 11 is 0. The average Bonchev–Trinajstić information content (AvgIpc) is 2.69. The Hall–Kier alpha value is -2.89. The van der Waals surface area contributed by atoms with Gasteiger partial charge in [0.2, 0.25) is 0 Å². The minimum absolute atomic E-state index is 0.232. The second-order valence-corrected chi connectivity index (χ2v) is 6.85. The number of piperidine rings is 1. The fourth-order valence-electron chi connectivity index (χ4n) is 3.21. The van der Waals surface area contributed by atoms with E-state index in [1.807, 2.05) is 6.07 Å². The first kappa shape index (κ1) is 18.9. The van der Waals surface area contributed by atoms with Crippen molar-refractivity contribution in [3.05, 3.63) is 53.7 Å². The lowest BCUT2D eigenvalue weighted by Crippen LogP contribution is -2.34. The summed E-state index contributed by atoms with van der Waals surface area (Å²) in [6.07, 6.45) is 4.04. The quantitative estimate of drug-likeness (QED) is 0.815. The molecule has 1 fully saturated rings. The predicted molar refractivity (Wildman–Crippen MR) is 105 cm³/mol. The molecule has 6 nitrogen and oxygen atoms in total. The van der Waals surface area contributed by atoms with Crippen LogP contribution in [0, 0.1) is 5.92 Å². The largest absolute Gasteiger partial charge is 0.462 e. The summed E-state index contributed by atoms with van der Waals surface area (Å²) in [6, 6.07) is 10.3. The highest BCUT2D eigenvalue weighted by atomic mass is 16.5. The number of hydrogen-bond acceptors (Lipinski definition) is 5. The third-order valence-corrected chi connectivity index (χ3v) is 4.64. The number of esters is 1. The molecule has 6 heteroatoms.